The van der Waals surface area contributed by atoms with Gasteiger partial charge in [-0.25, -0.2) is 4.79 Å². The zero-order valence-electron chi connectivity index (χ0n) is 15.8. The van der Waals surface area contributed by atoms with Crippen molar-refractivity contribution in [2.75, 3.05) is 7.11 Å². The fraction of sp³-hybridized carbons (Fsp3) is 0.450. The maximum atomic E-state index is 12.5. The third kappa shape index (κ3) is 3.30. The van der Waals surface area contributed by atoms with Crippen LogP contribution in [0.2, 0.25) is 0 Å². The molecule has 1 fully saturated rings. The van der Waals surface area contributed by atoms with Crippen LogP contribution < -0.4 is 21.4 Å². The average Bonchev–Trinajstić information content (AvgIpc) is 3.18. The second-order valence-corrected chi connectivity index (χ2v) is 7.34. The third-order valence-corrected chi connectivity index (χ3v) is 5.62. The largest absolute Gasteiger partial charge is 0.497 e. The zero-order chi connectivity index (χ0) is 19.7. The van der Waals surface area contributed by atoms with Gasteiger partial charge in [0.2, 0.25) is 5.88 Å². The van der Waals surface area contributed by atoms with Crippen molar-refractivity contribution in [2.45, 2.75) is 50.6 Å². The van der Waals surface area contributed by atoms with Crippen LogP contribution in [0.25, 0.3) is 0 Å². The first-order chi connectivity index (χ1) is 13.6. The summed E-state index contributed by atoms with van der Waals surface area (Å²) in [7, 11) is 1.61. The lowest BCUT2D eigenvalue weighted by Gasteiger charge is -2.25. The zero-order valence-corrected chi connectivity index (χ0v) is 15.8. The minimum absolute atomic E-state index is 0.0775. The first kappa shape index (κ1) is 18.3. The minimum atomic E-state index is -0.606. The summed E-state index contributed by atoms with van der Waals surface area (Å²) in [6, 6.07) is 7.38. The summed E-state index contributed by atoms with van der Waals surface area (Å²) in [5, 5.41) is 15.1. The molecule has 0 spiro atoms. The molecule has 1 atom stereocenters. The fourth-order valence-electron chi connectivity index (χ4n) is 4.10. The highest BCUT2D eigenvalue weighted by Crippen LogP contribution is 2.32. The molecule has 1 aliphatic carbocycles. The fourth-order valence-corrected chi connectivity index (χ4v) is 4.10. The van der Waals surface area contributed by atoms with Gasteiger partial charge in [-0.3, -0.25) is 14.3 Å². The normalized spacial score (nSPS) is 19.9. The molecule has 28 heavy (non-hydrogen) atoms. The Morgan fingerprint density at radius 1 is 1.14 bits per heavy atom. The number of hydrogen-bond donors (Lipinski definition) is 3. The van der Waals surface area contributed by atoms with Crippen LogP contribution in [0.3, 0.4) is 0 Å². The van der Waals surface area contributed by atoms with Gasteiger partial charge in [0.15, 0.2) is 0 Å². The van der Waals surface area contributed by atoms with E-state index in [1.165, 1.54) is 4.57 Å². The third-order valence-electron chi connectivity index (χ3n) is 5.62. The first-order valence-electron chi connectivity index (χ1n) is 9.62. The lowest BCUT2D eigenvalue weighted by molar-refractivity contribution is 0.298. The molecule has 1 unspecified atom stereocenters. The van der Waals surface area contributed by atoms with Crippen LogP contribution in [0.1, 0.15) is 61.7 Å². The number of aromatic hydroxyl groups is 1. The van der Waals surface area contributed by atoms with Gasteiger partial charge in [0.1, 0.15) is 11.3 Å². The van der Waals surface area contributed by atoms with Gasteiger partial charge in [0.05, 0.1) is 18.9 Å². The topological polar surface area (TPSA) is 109 Å². The summed E-state index contributed by atoms with van der Waals surface area (Å²) in [6.45, 7) is 0. The van der Waals surface area contributed by atoms with E-state index in [-0.39, 0.29) is 23.5 Å². The molecule has 1 aliphatic heterocycles. The summed E-state index contributed by atoms with van der Waals surface area (Å²) in [4.78, 5) is 27.2. The number of nitrogens with zero attached hydrogens (tertiary/aromatic N) is 2. The SMILES string of the molecule is COc1ccc(C2CC(c3c(O)n(C4CCCCC4)c(=O)[nH]c3=O)=NN2)cc1. The van der Waals surface area contributed by atoms with E-state index >= 15 is 0 Å². The Morgan fingerprint density at radius 3 is 2.54 bits per heavy atom. The number of hydrazone groups is 1. The highest BCUT2D eigenvalue weighted by atomic mass is 16.5. The Balaban J connectivity index is 1.64. The van der Waals surface area contributed by atoms with Crippen molar-refractivity contribution in [2.24, 2.45) is 5.10 Å². The van der Waals surface area contributed by atoms with Gasteiger partial charge in [0.25, 0.3) is 5.56 Å². The second kappa shape index (κ2) is 7.53. The van der Waals surface area contributed by atoms with Gasteiger partial charge in [-0.15, -0.1) is 0 Å². The van der Waals surface area contributed by atoms with E-state index in [4.69, 9.17) is 4.74 Å². The van der Waals surface area contributed by atoms with Crippen molar-refractivity contribution in [1.29, 1.82) is 0 Å². The predicted molar refractivity (Wildman–Crippen MR) is 105 cm³/mol. The van der Waals surface area contributed by atoms with Gasteiger partial charge in [-0.2, -0.15) is 5.10 Å². The monoisotopic (exact) mass is 384 g/mol. The molecule has 4 rings (SSSR count). The van der Waals surface area contributed by atoms with Crippen molar-refractivity contribution in [3.8, 4) is 11.6 Å². The molecule has 1 aromatic carbocycles. The van der Waals surface area contributed by atoms with E-state index in [0.717, 1.165) is 43.4 Å². The van der Waals surface area contributed by atoms with Crippen molar-refractivity contribution in [3.05, 3.63) is 56.2 Å². The minimum Gasteiger partial charge on any atom is -0.497 e. The molecule has 2 heterocycles. The predicted octanol–water partition coefficient (Wildman–Crippen LogP) is 2.19. The molecule has 0 amide bonds. The number of hydrogen-bond acceptors (Lipinski definition) is 6. The Bertz CT molecular complexity index is 1000. The average molecular weight is 384 g/mol. The van der Waals surface area contributed by atoms with Crippen LogP contribution in [-0.4, -0.2) is 27.5 Å². The van der Waals surface area contributed by atoms with E-state index in [2.05, 4.69) is 15.5 Å². The Kier molecular flexibility index (Phi) is 4.93. The van der Waals surface area contributed by atoms with E-state index in [0.29, 0.717) is 12.1 Å². The van der Waals surface area contributed by atoms with Gasteiger partial charge < -0.3 is 15.3 Å². The standard InChI is InChI=1S/C20H24N4O4/c1-28-14-9-7-12(8-10-14)15-11-16(23-22-15)17-18(25)21-20(27)24(19(17)26)13-5-3-2-4-6-13/h7-10,13,15,22,26H,2-6,11H2,1H3,(H,21,25,27). The van der Waals surface area contributed by atoms with Crippen LogP contribution in [0.15, 0.2) is 39.0 Å². The van der Waals surface area contributed by atoms with E-state index < -0.39 is 11.2 Å². The molecule has 1 saturated carbocycles. The number of aromatic nitrogens is 2. The van der Waals surface area contributed by atoms with Crippen LogP contribution >= 0.6 is 0 Å². The first-order valence-corrected chi connectivity index (χ1v) is 9.62. The van der Waals surface area contributed by atoms with Crippen LogP contribution in [0, 0.1) is 0 Å². The molecule has 2 aromatic rings. The Labute approximate surface area is 161 Å². The molecule has 0 radical (unpaired) electrons. The maximum absolute atomic E-state index is 12.5. The van der Waals surface area contributed by atoms with E-state index in [9.17, 15) is 14.7 Å². The highest BCUT2D eigenvalue weighted by molar-refractivity contribution is 6.03. The van der Waals surface area contributed by atoms with Crippen molar-refractivity contribution in [3.63, 3.8) is 0 Å². The highest BCUT2D eigenvalue weighted by Gasteiger charge is 2.29. The Hall–Kier alpha value is -3.03. The second-order valence-electron chi connectivity index (χ2n) is 7.34. The molecule has 0 bridgehead atoms. The number of ether oxygens (including phenoxy) is 1. The number of methoxy groups -OCH3 is 1. The lowest BCUT2D eigenvalue weighted by atomic mass is 9.95. The van der Waals surface area contributed by atoms with Crippen LogP contribution in [0.5, 0.6) is 11.6 Å². The molecule has 0 saturated heterocycles. The summed E-state index contributed by atoms with van der Waals surface area (Å²) < 4.78 is 6.51. The van der Waals surface area contributed by atoms with Crippen molar-refractivity contribution in [1.82, 2.24) is 15.0 Å². The quantitative estimate of drug-likeness (QED) is 0.749. The number of rotatable bonds is 4. The van der Waals surface area contributed by atoms with Gasteiger partial charge in [-0.05, 0) is 30.5 Å². The number of benzene rings is 1. The van der Waals surface area contributed by atoms with Crippen molar-refractivity contribution < 1.29 is 9.84 Å². The molecule has 8 nitrogen and oxygen atoms in total. The van der Waals surface area contributed by atoms with Gasteiger partial charge >= 0.3 is 5.69 Å². The molecule has 1 aromatic heterocycles. The van der Waals surface area contributed by atoms with Gasteiger partial charge in [-0.1, -0.05) is 31.4 Å². The van der Waals surface area contributed by atoms with E-state index in [1.807, 2.05) is 24.3 Å². The molecular formula is C20H24N4O4. The number of H-pyrrole nitrogens is 1. The summed E-state index contributed by atoms with van der Waals surface area (Å²) >= 11 is 0. The summed E-state index contributed by atoms with van der Waals surface area (Å²) in [5.41, 5.74) is 3.38. The van der Waals surface area contributed by atoms with Crippen molar-refractivity contribution >= 4 is 5.71 Å². The summed E-state index contributed by atoms with van der Waals surface area (Å²) in [6.07, 6.45) is 5.21. The van der Waals surface area contributed by atoms with Gasteiger partial charge in [0, 0.05) is 12.5 Å². The van der Waals surface area contributed by atoms with Crippen LogP contribution in [-0.2, 0) is 0 Å². The van der Waals surface area contributed by atoms with E-state index in [1.54, 1.807) is 7.11 Å². The molecule has 2 aliphatic rings. The lowest BCUT2D eigenvalue weighted by Crippen LogP contribution is -2.36. The summed E-state index contributed by atoms with van der Waals surface area (Å²) in [5.74, 6) is 0.480. The number of aromatic amines is 1. The molecule has 8 heteroatoms. The smallest absolute Gasteiger partial charge is 0.331 e. The molecule has 148 valence electrons. The maximum Gasteiger partial charge on any atom is 0.331 e. The molecule has 3 N–H and O–H groups in total. The van der Waals surface area contributed by atoms with Crippen LogP contribution in [0.4, 0.5) is 0 Å². The molecular weight excluding hydrogens is 360 g/mol. The number of nitrogens with one attached hydrogen (secondary N) is 2. The Morgan fingerprint density at radius 2 is 1.86 bits per heavy atom.